The van der Waals surface area contributed by atoms with Crippen LogP contribution < -0.4 is 5.73 Å². The highest BCUT2D eigenvalue weighted by Crippen LogP contribution is 2.08. The van der Waals surface area contributed by atoms with Crippen LogP contribution in [-0.4, -0.2) is 15.7 Å². The zero-order chi connectivity index (χ0) is 8.43. The molecule has 0 aliphatic rings. The number of primary amides is 1. The molecule has 0 saturated heterocycles. The van der Waals surface area contributed by atoms with E-state index in [-0.39, 0.29) is 0 Å². The van der Waals surface area contributed by atoms with E-state index in [9.17, 15) is 4.79 Å². The smallest absolute Gasteiger partial charge is 0.270 e. The Morgan fingerprint density at radius 3 is 2.82 bits per heavy atom. The van der Waals surface area contributed by atoms with Gasteiger partial charge in [0.1, 0.15) is 0 Å². The molecule has 0 fully saturated rings. The molecule has 2 N–H and O–H groups in total. The molecule has 11 heavy (non-hydrogen) atoms. The van der Waals surface area contributed by atoms with Gasteiger partial charge < -0.3 is 5.73 Å². The number of halogens is 1. The monoisotopic (exact) mass is 265 g/mol. The van der Waals surface area contributed by atoms with Gasteiger partial charge >= 0.3 is 0 Å². The number of aromatic nitrogens is 2. The van der Waals surface area contributed by atoms with Gasteiger partial charge in [-0.1, -0.05) is 0 Å². The maximum Gasteiger partial charge on any atom is 0.270 e. The van der Waals surface area contributed by atoms with Gasteiger partial charge in [-0.05, 0) is 29.5 Å². The Bertz CT molecular complexity index is 281. The number of hydrogen-bond donors (Lipinski definition) is 1. The van der Waals surface area contributed by atoms with Crippen molar-refractivity contribution in [1.29, 1.82) is 0 Å². The minimum atomic E-state index is -0.471. The van der Waals surface area contributed by atoms with Gasteiger partial charge in [0, 0.05) is 12.7 Å². The molecule has 1 rings (SSSR count). The van der Waals surface area contributed by atoms with Gasteiger partial charge in [-0.15, -0.1) is 0 Å². The van der Waals surface area contributed by atoms with E-state index in [1.54, 1.807) is 10.9 Å². The molecule has 0 saturated carbocycles. The second-order valence-corrected chi connectivity index (χ2v) is 3.21. The van der Waals surface area contributed by atoms with Crippen LogP contribution in [0.1, 0.15) is 17.4 Å². The predicted molar refractivity (Wildman–Crippen MR) is 49.1 cm³/mol. The highest BCUT2D eigenvalue weighted by molar-refractivity contribution is 14.1. The lowest BCUT2D eigenvalue weighted by Crippen LogP contribution is -2.13. The summed E-state index contributed by atoms with van der Waals surface area (Å²) < 4.78 is 2.49. The van der Waals surface area contributed by atoms with Gasteiger partial charge in [0.25, 0.3) is 5.91 Å². The van der Waals surface area contributed by atoms with E-state index in [2.05, 4.69) is 5.10 Å². The molecule has 60 valence electrons. The number of carbonyl (C=O) groups is 1. The van der Waals surface area contributed by atoms with Crippen LogP contribution in [0.15, 0.2) is 6.20 Å². The Hall–Kier alpha value is -0.590. The number of hydrogen-bond acceptors (Lipinski definition) is 2. The van der Waals surface area contributed by atoms with Crippen molar-refractivity contribution in [3.63, 3.8) is 0 Å². The van der Waals surface area contributed by atoms with Crippen LogP contribution in [0.5, 0.6) is 0 Å². The summed E-state index contributed by atoms with van der Waals surface area (Å²) in [6, 6.07) is 0. The Morgan fingerprint density at radius 2 is 2.55 bits per heavy atom. The zero-order valence-corrected chi connectivity index (χ0v) is 8.20. The lowest BCUT2D eigenvalue weighted by atomic mass is 10.4. The fraction of sp³-hybridized carbons (Fsp3) is 0.333. The van der Waals surface area contributed by atoms with Crippen LogP contribution in [0.2, 0.25) is 0 Å². The number of nitrogens with two attached hydrogens (primary N) is 1. The average Bonchev–Trinajstić information content (AvgIpc) is 2.30. The van der Waals surface area contributed by atoms with Crippen molar-refractivity contribution >= 4 is 28.5 Å². The Balaban J connectivity index is 3.07. The maximum absolute atomic E-state index is 10.7. The van der Waals surface area contributed by atoms with Crippen LogP contribution in [0.25, 0.3) is 0 Å². The molecule has 1 aromatic rings. The van der Waals surface area contributed by atoms with Gasteiger partial charge in [0.2, 0.25) is 0 Å². The summed E-state index contributed by atoms with van der Waals surface area (Å²) in [5.74, 6) is -0.471. The van der Waals surface area contributed by atoms with E-state index in [4.69, 9.17) is 5.73 Å². The molecular weight excluding hydrogens is 257 g/mol. The summed E-state index contributed by atoms with van der Waals surface area (Å²) in [5, 5.41) is 3.96. The normalized spacial score (nSPS) is 10.0. The Morgan fingerprint density at radius 1 is 1.91 bits per heavy atom. The van der Waals surface area contributed by atoms with Gasteiger partial charge in [0.15, 0.2) is 5.69 Å². The van der Waals surface area contributed by atoms with E-state index >= 15 is 0 Å². The Kier molecular flexibility index (Phi) is 2.48. The van der Waals surface area contributed by atoms with Crippen molar-refractivity contribution in [2.24, 2.45) is 5.73 Å². The lowest BCUT2D eigenvalue weighted by molar-refractivity contribution is 0.0994. The van der Waals surface area contributed by atoms with Gasteiger partial charge in [0.05, 0.1) is 3.57 Å². The zero-order valence-electron chi connectivity index (χ0n) is 6.04. The van der Waals surface area contributed by atoms with Crippen LogP contribution >= 0.6 is 22.6 Å². The van der Waals surface area contributed by atoms with E-state index < -0.39 is 5.91 Å². The summed E-state index contributed by atoms with van der Waals surface area (Å²) in [6.07, 6.45) is 1.79. The number of aryl methyl sites for hydroxylation is 1. The number of carbonyl (C=O) groups excluding carboxylic acids is 1. The summed E-state index contributed by atoms with van der Waals surface area (Å²) >= 11 is 2.04. The standard InChI is InChI=1S/C6H8IN3O/c1-2-10-3-4(7)5(9-10)6(8)11/h3H,2H2,1H3,(H2,8,11). The van der Waals surface area contributed by atoms with Crippen molar-refractivity contribution in [1.82, 2.24) is 9.78 Å². The molecule has 4 nitrogen and oxygen atoms in total. The number of amides is 1. The minimum absolute atomic E-state index is 0.354. The summed E-state index contributed by atoms with van der Waals surface area (Å²) in [4.78, 5) is 10.7. The third-order valence-electron chi connectivity index (χ3n) is 1.27. The minimum Gasteiger partial charge on any atom is -0.364 e. The van der Waals surface area contributed by atoms with Gasteiger partial charge in [-0.25, -0.2) is 0 Å². The van der Waals surface area contributed by atoms with E-state index in [1.807, 2.05) is 29.5 Å². The fourth-order valence-corrected chi connectivity index (χ4v) is 1.42. The first-order valence-electron chi connectivity index (χ1n) is 3.18. The molecule has 0 aliphatic heterocycles. The second-order valence-electron chi connectivity index (χ2n) is 2.05. The molecule has 0 aliphatic carbocycles. The SMILES string of the molecule is CCn1cc(I)c(C(N)=O)n1. The Labute approximate surface area is 77.9 Å². The summed E-state index contributed by atoms with van der Waals surface area (Å²) in [5.41, 5.74) is 5.42. The lowest BCUT2D eigenvalue weighted by Gasteiger charge is -1.90. The van der Waals surface area contributed by atoms with Crippen LogP contribution in [0, 0.1) is 3.57 Å². The first kappa shape index (κ1) is 8.51. The molecular formula is C6H8IN3O. The third-order valence-corrected chi connectivity index (χ3v) is 2.06. The molecule has 1 amide bonds. The maximum atomic E-state index is 10.7. The van der Waals surface area contributed by atoms with Crippen molar-refractivity contribution in [3.8, 4) is 0 Å². The first-order chi connectivity index (χ1) is 5.15. The van der Waals surface area contributed by atoms with Crippen molar-refractivity contribution in [2.45, 2.75) is 13.5 Å². The summed E-state index contributed by atoms with van der Waals surface area (Å²) in [6.45, 7) is 2.71. The van der Waals surface area contributed by atoms with Gasteiger partial charge in [-0.3, -0.25) is 9.48 Å². The van der Waals surface area contributed by atoms with E-state index in [0.29, 0.717) is 5.69 Å². The molecule has 5 heteroatoms. The molecule has 1 heterocycles. The fourth-order valence-electron chi connectivity index (χ4n) is 0.726. The molecule has 0 unspecified atom stereocenters. The van der Waals surface area contributed by atoms with Crippen molar-refractivity contribution in [2.75, 3.05) is 0 Å². The van der Waals surface area contributed by atoms with Crippen LogP contribution in [-0.2, 0) is 6.54 Å². The number of nitrogens with zero attached hydrogens (tertiary/aromatic N) is 2. The second kappa shape index (κ2) is 3.21. The van der Waals surface area contributed by atoms with Gasteiger partial charge in [-0.2, -0.15) is 5.10 Å². The summed E-state index contributed by atoms with van der Waals surface area (Å²) in [7, 11) is 0. The quantitative estimate of drug-likeness (QED) is 0.796. The first-order valence-corrected chi connectivity index (χ1v) is 4.25. The largest absolute Gasteiger partial charge is 0.364 e. The molecule has 0 spiro atoms. The molecule has 0 radical (unpaired) electrons. The number of rotatable bonds is 2. The van der Waals surface area contributed by atoms with E-state index in [1.165, 1.54) is 0 Å². The molecule has 0 atom stereocenters. The average molecular weight is 265 g/mol. The molecule has 0 aromatic carbocycles. The third kappa shape index (κ3) is 1.70. The van der Waals surface area contributed by atoms with Crippen LogP contribution in [0.3, 0.4) is 0 Å². The topological polar surface area (TPSA) is 60.9 Å². The molecule has 1 aromatic heterocycles. The molecule has 0 bridgehead atoms. The van der Waals surface area contributed by atoms with Crippen LogP contribution in [0.4, 0.5) is 0 Å². The van der Waals surface area contributed by atoms with Crippen molar-refractivity contribution in [3.05, 3.63) is 15.5 Å². The highest BCUT2D eigenvalue weighted by atomic mass is 127. The van der Waals surface area contributed by atoms with Crippen molar-refractivity contribution < 1.29 is 4.79 Å². The highest BCUT2D eigenvalue weighted by Gasteiger charge is 2.09. The van der Waals surface area contributed by atoms with E-state index in [0.717, 1.165) is 10.1 Å². The predicted octanol–water partition coefficient (Wildman–Crippen LogP) is 0.607.